The van der Waals surface area contributed by atoms with Gasteiger partial charge in [0.05, 0.1) is 22.3 Å². The van der Waals surface area contributed by atoms with Gasteiger partial charge in [0.15, 0.2) is 0 Å². The molecule has 0 spiro atoms. The smallest absolute Gasteiger partial charge is 0.238 e. The molecule has 9 heteroatoms. The Morgan fingerprint density at radius 3 is 2.33 bits per heavy atom. The summed E-state index contributed by atoms with van der Waals surface area (Å²) in [6, 6.07) is 16.5. The van der Waals surface area contributed by atoms with E-state index in [4.69, 9.17) is 16.7 Å². The number of benzene rings is 3. The number of aromatic hydroxyl groups is 1. The molecule has 3 aromatic rings. The lowest BCUT2D eigenvalue weighted by atomic mass is 9.97. The van der Waals surface area contributed by atoms with Crippen LogP contribution in [-0.4, -0.2) is 19.2 Å². The molecule has 0 radical (unpaired) electrons. The van der Waals surface area contributed by atoms with Crippen LogP contribution in [0, 0.1) is 5.82 Å². The second-order valence-corrected chi connectivity index (χ2v) is 8.86. The number of halogens is 2. The molecule has 1 unspecified atom stereocenters. The molecule has 0 aromatic heterocycles. The molecule has 1 aliphatic rings. The summed E-state index contributed by atoms with van der Waals surface area (Å²) in [6.45, 7) is 0. The lowest BCUT2D eigenvalue weighted by Gasteiger charge is -2.24. The minimum Gasteiger partial charge on any atom is -0.508 e. The quantitative estimate of drug-likeness (QED) is 0.629. The van der Waals surface area contributed by atoms with Crippen LogP contribution in [0.2, 0.25) is 5.02 Å². The van der Waals surface area contributed by atoms with Gasteiger partial charge >= 0.3 is 0 Å². The van der Waals surface area contributed by atoms with Crippen molar-refractivity contribution in [3.8, 4) is 5.75 Å². The molecular formula is C21H17ClFN3O3S. The van der Waals surface area contributed by atoms with Crippen molar-refractivity contribution >= 4 is 33.0 Å². The van der Waals surface area contributed by atoms with Crippen molar-refractivity contribution in [3.05, 3.63) is 88.7 Å². The second kappa shape index (κ2) is 7.71. The molecule has 0 amide bonds. The summed E-state index contributed by atoms with van der Waals surface area (Å²) in [5.41, 5.74) is 2.66. The van der Waals surface area contributed by atoms with Crippen LogP contribution in [0.15, 0.2) is 76.7 Å². The fourth-order valence-electron chi connectivity index (χ4n) is 3.39. The molecule has 6 nitrogen and oxygen atoms in total. The van der Waals surface area contributed by atoms with Gasteiger partial charge in [0.2, 0.25) is 10.0 Å². The van der Waals surface area contributed by atoms with E-state index in [1.165, 1.54) is 30.3 Å². The molecule has 0 saturated heterocycles. The van der Waals surface area contributed by atoms with E-state index >= 15 is 0 Å². The standard InChI is InChI=1S/C21H17ClFN3O3S/c22-14-3-10-18(21(27)11-14)20-12-19(13-1-4-15(23)5-2-13)25-26(20)16-6-8-17(9-7-16)30(24,28)29/h1-11,20,27H,12H2,(H2,24,28,29). The summed E-state index contributed by atoms with van der Waals surface area (Å²) in [6.07, 6.45) is 0.442. The van der Waals surface area contributed by atoms with E-state index in [-0.39, 0.29) is 22.5 Å². The summed E-state index contributed by atoms with van der Waals surface area (Å²) in [7, 11) is -3.82. The molecule has 3 aromatic carbocycles. The van der Waals surface area contributed by atoms with Crippen LogP contribution in [0.25, 0.3) is 0 Å². The second-order valence-electron chi connectivity index (χ2n) is 6.86. The molecule has 1 heterocycles. The number of nitrogens with two attached hydrogens (primary N) is 1. The van der Waals surface area contributed by atoms with Gasteiger partial charge in [-0.25, -0.2) is 17.9 Å². The van der Waals surface area contributed by atoms with Crippen LogP contribution >= 0.6 is 11.6 Å². The topological polar surface area (TPSA) is 96.0 Å². The summed E-state index contributed by atoms with van der Waals surface area (Å²) in [5.74, 6) is -0.325. The van der Waals surface area contributed by atoms with Crippen LogP contribution in [0.4, 0.5) is 10.1 Å². The van der Waals surface area contributed by atoms with E-state index in [1.807, 2.05) is 0 Å². The Labute approximate surface area is 178 Å². The SMILES string of the molecule is NS(=O)(=O)c1ccc(N2N=C(c3ccc(F)cc3)CC2c2ccc(Cl)cc2O)cc1. The lowest BCUT2D eigenvalue weighted by molar-refractivity contribution is 0.461. The summed E-state index contributed by atoms with van der Waals surface area (Å²) in [5, 5.41) is 22.4. The monoisotopic (exact) mass is 445 g/mol. The van der Waals surface area contributed by atoms with Gasteiger partial charge in [-0.05, 0) is 54.1 Å². The summed E-state index contributed by atoms with van der Waals surface area (Å²) >= 11 is 5.97. The van der Waals surface area contributed by atoms with Gasteiger partial charge in [-0.1, -0.05) is 29.8 Å². The number of rotatable bonds is 4. The molecule has 3 N–H and O–H groups in total. The van der Waals surface area contributed by atoms with Crippen LogP contribution < -0.4 is 10.1 Å². The molecule has 30 heavy (non-hydrogen) atoms. The van der Waals surface area contributed by atoms with Crippen molar-refractivity contribution in [2.45, 2.75) is 17.4 Å². The van der Waals surface area contributed by atoms with Crippen LogP contribution in [0.3, 0.4) is 0 Å². The highest BCUT2D eigenvalue weighted by atomic mass is 35.5. The molecule has 0 aliphatic carbocycles. The largest absolute Gasteiger partial charge is 0.508 e. The molecule has 1 aliphatic heterocycles. The highest BCUT2D eigenvalue weighted by Crippen LogP contribution is 2.40. The molecule has 0 saturated carbocycles. The predicted molar refractivity (Wildman–Crippen MR) is 114 cm³/mol. The van der Waals surface area contributed by atoms with Gasteiger partial charge in [0.1, 0.15) is 11.6 Å². The van der Waals surface area contributed by atoms with Gasteiger partial charge < -0.3 is 5.11 Å². The number of hydrogen-bond acceptors (Lipinski definition) is 5. The average molecular weight is 446 g/mol. The first-order valence-electron chi connectivity index (χ1n) is 8.96. The maximum absolute atomic E-state index is 13.3. The maximum Gasteiger partial charge on any atom is 0.238 e. The van der Waals surface area contributed by atoms with E-state index in [9.17, 15) is 17.9 Å². The van der Waals surface area contributed by atoms with Gasteiger partial charge in [-0.15, -0.1) is 0 Å². The van der Waals surface area contributed by atoms with Crippen molar-refractivity contribution in [3.63, 3.8) is 0 Å². The van der Waals surface area contributed by atoms with Gasteiger partial charge in [0, 0.05) is 17.0 Å². The van der Waals surface area contributed by atoms with E-state index in [0.717, 1.165) is 5.56 Å². The fraction of sp³-hybridized carbons (Fsp3) is 0.0952. The van der Waals surface area contributed by atoms with Crippen molar-refractivity contribution in [1.82, 2.24) is 0 Å². The number of hydrazone groups is 1. The van der Waals surface area contributed by atoms with Crippen molar-refractivity contribution < 1.29 is 17.9 Å². The van der Waals surface area contributed by atoms with Crippen LogP contribution in [0.5, 0.6) is 5.75 Å². The number of primary sulfonamides is 1. The molecule has 4 rings (SSSR count). The first kappa shape index (κ1) is 20.3. The van der Waals surface area contributed by atoms with Gasteiger partial charge in [-0.2, -0.15) is 5.10 Å². The molecule has 0 bridgehead atoms. The Hall–Kier alpha value is -2.94. The lowest BCUT2D eigenvalue weighted by Crippen LogP contribution is -2.19. The highest BCUT2D eigenvalue weighted by Gasteiger charge is 2.32. The minimum atomic E-state index is -3.82. The molecule has 0 fully saturated rings. The van der Waals surface area contributed by atoms with E-state index in [0.29, 0.717) is 28.4 Å². The van der Waals surface area contributed by atoms with E-state index < -0.39 is 10.0 Å². The van der Waals surface area contributed by atoms with Crippen LogP contribution in [-0.2, 0) is 10.0 Å². The van der Waals surface area contributed by atoms with E-state index in [1.54, 1.807) is 41.4 Å². The number of nitrogens with zero attached hydrogens (tertiary/aromatic N) is 2. The Morgan fingerprint density at radius 1 is 1.07 bits per heavy atom. The molecule has 1 atom stereocenters. The zero-order valence-electron chi connectivity index (χ0n) is 15.5. The summed E-state index contributed by atoms with van der Waals surface area (Å²) in [4.78, 5) is -0.0147. The third-order valence-electron chi connectivity index (χ3n) is 4.87. The number of phenolic OH excluding ortho intramolecular Hbond substituents is 1. The van der Waals surface area contributed by atoms with Gasteiger partial charge in [-0.3, -0.25) is 5.01 Å². The van der Waals surface area contributed by atoms with Crippen molar-refractivity contribution in [2.24, 2.45) is 10.2 Å². The number of sulfonamides is 1. The van der Waals surface area contributed by atoms with E-state index in [2.05, 4.69) is 5.10 Å². The Morgan fingerprint density at radius 2 is 1.73 bits per heavy atom. The Bertz CT molecular complexity index is 1230. The molecule has 154 valence electrons. The first-order chi connectivity index (χ1) is 14.2. The third-order valence-corrected chi connectivity index (χ3v) is 6.03. The average Bonchev–Trinajstić information content (AvgIpc) is 3.13. The normalized spacial score (nSPS) is 16.6. The number of anilines is 1. The number of phenols is 1. The third kappa shape index (κ3) is 4.02. The van der Waals surface area contributed by atoms with Gasteiger partial charge in [0.25, 0.3) is 0 Å². The first-order valence-corrected chi connectivity index (χ1v) is 10.9. The maximum atomic E-state index is 13.3. The number of hydrogen-bond donors (Lipinski definition) is 2. The Balaban J connectivity index is 1.77. The zero-order valence-corrected chi connectivity index (χ0v) is 17.1. The Kier molecular flexibility index (Phi) is 5.23. The fourth-order valence-corrected chi connectivity index (χ4v) is 4.08. The summed E-state index contributed by atoms with van der Waals surface area (Å²) < 4.78 is 36.4. The van der Waals surface area contributed by atoms with Crippen molar-refractivity contribution in [2.75, 3.05) is 5.01 Å². The predicted octanol–water partition coefficient (Wildman–Crippen LogP) is 4.19. The zero-order chi connectivity index (χ0) is 21.5. The molecular weight excluding hydrogens is 429 g/mol. The minimum absolute atomic E-state index is 0.0147. The van der Waals surface area contributed by atoms with Crippen molar-refractivity contribution in [1.29, 1.82) is 0 Å². The highest BCUT2D eigenvalue weighted by molar-refractivity contribution is 7.89. The van der Waals surface area contributed by atoms with Crippen LogP contribution in [0.1, 0.15) is 23.6 Å².